The first-order valence-electron chi connectivity index (χ1n) is 8.05. The van der Waals surface area contributed by atoms with Crippen LogP contribution in [0.4, 0.5) is 4.39 Å². The van der Waals surface area contributed by atoms with Gasteiger partial charge in [-0.1, -0.05) is 0 Å². The highest BCUT2D eigenvalue weighted by Gasteiger charge is 2.37. The third-order valence-corrected chi connectivity index (χ3v) is 4.54. The van der Waals surface area contributed by atoms with Crippen molar-refractivity contribution in [2.75, 3.05) is 19.7 Å². The maximum Gasteiger partial charge on any atom is 0.256 e. The van der Waals surface area contributed by atoms with E-state index in [4.69, 9.17) is 0 Å². The van der Waals surface area contributed by atoms with E-state index in [-0.39, 0.29) is 36.0 Å². The lowest BCUT2D eigenvalue weighted by molar-refractivity contribution is 0.0776. The predicted molar refractivity (Wildman–Crippen MR) is 86.0 cm³/mol. The van der Waals surface area contributed by atoms with Gasteiger partial charge in [0.25, 0.3) is 5.91 Å². The minimum absolute atomic E-state index is 0.00338. The number of pyridine rings is 1. The van der Waals surface area contributed by atoms with Crippen LogP contribution in [0.15, 0.2) is 30.9 Å². The molecule has 3 rings (SSSR count). The number of hydrogen-bond acceptors (Lipinski definition) is 4. The van der Waals surface area contributed by atoms with Gasteiger partial charge in [-0.05, 0) is 25.5 Å². The number of likely N-dealkylation sites (tertiary alicyclic amines) is 1. The van der Waals surface area contributed by atoms with Crippen LogP contribution in [-0.4, -0.2) is 50.4 Å². The molecule has 0 bridgehead atoms. The Morgan fingerprint density at radius 3 is 2.83 bits per heavy atom. The van der Waals surface area contributed by atoms with E-state index in [9.17, 15) is 14.3 Å². The highest BCUT2D eigenvalue weighted by atomic mass is 19.1. The first-order chi connectivity index (χ1) is 11.5. The van der Waals surface area contributed by atoms with Crippen LogP contribution in [0.5, 0.6) is 0 Å². The van der Waals surface area contributed by atoms with Crippen molar-refractivity contribution in [2.45, 2.75) is 25.8 Å². The van der Waals surface area contributed by atoms with Gasteiger partial charge in [-0.25, -0.2) is 4.39 Å². The summed E-state index contributed by atoms with van der Waals surface area (Å²) in [6.07, 6.45) is 6.18. The van der Waals surface area contributed by atoms with E-state index in [1.165, 1.54) is 12.3 Å². The monoisotopic (exact) mass is 332 g/mol. The van der Waals surface area contributed by atoms with Crippen molar-refractivity contribution >= 4 is 5.91 Å². The molecule has 1 aliphatic rings. The van der Waals surface area contributed by atoms with E-state index in [1.807, 2.05) is 24.7 Å². The zero-order valence-electron chi connectivity index (χ0n) is 13.8. The molecule has 0 aliphatic carbocycles. The Morgan fingerprint density at radius 2 is 2.21 bits per heavy atom. The van der Waals surface area contributed by atoms with Gasteiger partial charge in [0.1, 0.15) is 0 Å². The smallest absolute Gasteiger partial charge is 0.256 e. The minimum Gasteiger partial charge on any atom is -0.396 e. The first-order valence-corrected chi connectivity index (χ1v) is 8.05. The molecule has 6 nitrogen and oxygen atoms in total. The second-order valence-corrected chi connectivity index (χ2v) is 6.46. The van der Waals surface area contributed by atoms with Gasteiger partial charge in [-0.3, -0.25) is 14.5 Å². The lowest BCUT2D eigenvalue weighted by Crippen LogP contribution is -2.30. The molecule has 0 spiro atoms. The molecule has 3 heterocycles. The molecule has 128 valence electrons. The SMILES string of the molecule is CC(C)n1cc([C@@H]2CN(C(=O)c3ccncc3F)C[C@H]2CO)cn1. The number of halogens is 1. The number of hydrogen-bond donors (Lipinski definition) is 1. The fourth-order valence-electron chi connectivity index (χ4n) is 3.15. The Labute approximate surface area is 139 Å². The normalized spacial score (nSPS) is 20.8. The number of nitrogens with zero attached hydrogens (tertiary/aromatic N) is 4. The third-order valence-electron chi connectivity index (χ3n) is 4.54. The van der Waals surface area contributed by atoms with Crippen LogP contribution in [0.3, 0.4) is 0 Å². The Morgan fingerprint density at radius 1 is 1.42 bits per heavy atom. The van der Waals surface area contributed by atoms with Gasteiger partial charge >= 0.3 is 0 Å². The molecule has 7 heteroatoms. The van der Waals surface area contributed by atoms with Crippen LogP contribution < -0.4 is 0 Å². The molecule has 2 atom stereocenters. The van der Waals surface area contributed by atoms with E-state index in [1.54, 1.807) is 11.1 Å². The number of aromatic nitrogens is 3. The summed E-state index contributed by atoms with van der Waals surface area (Å²) >= 11 is 0. The number of rotatable bonds is 4. The van der Waals surface area contributed by atoms with Crippen molar-refractivity contribution < 1.29 is 14.3 Å². The Kier molecular flexibility index (Phi) is 4.62. The van der Waals surface area contributed by atoms with Gasteiger partial charge in [-0.15, -0.1) is 0 Å². The van der Waals surface area contributed by atoms with Gasteiger partial charge < -0.3 is 10.0 Å². The number of aliphatic hydroxyl groups excluding tert-OH is 1. The van der Waals surface area contributed by atoms with Crippen LogP contribution in [0, 0.1) is 11.7 Å². The highest BCUT2D eigenvalue weighted by molar-refractivity contribution is 5.94. The topological polar surface area (TPSA) is 71.2 Å². The van der Waals surface area contributed by atoms with Crippen molar-refractivity contribution in [1.82, 2.24) is 19.7 Å². The van der Waals surface area contributed by atoms with E-state index in [0.717, 1.165) is 11.8 Å². The molecule has 1 fully saturated rings. The van der Waals surface area contributed by atoms with E-state index < -0.39 is 5.82 Å². The zero-order chi connectivity index (χ0) is 17.3. The molecule has 0 saturated carbocycles. The number of carbonyl (C=O) groups excluding carboxylic acids is 1. The molecule has 0 aromatic carbocycles. The number of amides is 1. The fraction of sp³-hybridized carbons (Fsp3) is 0.471. The maximum absolute atomic E-state index is 13.8. The largest absolute Gasteiger partial charge is 0.396 e. The summed E-state index contributed by atoms with van der Waals surface area (Å²) in [6.45, 7) is 4.89. The molecule has 0 radical (unpaired) electrons. The summed E-state index contributed by atoms with van der Waals surface area (Å²) < 4.78 is 15.7. The predicted octanol–water partition coefficient (Wildman–Crippen LogP) is 1.85. The second kappa shape index (κ2) is 6.68. The van der Waals surface area contributed by atoms with Gasteiger partial charge in [-0.2, -0.15) is 5.10 Å². The quantitative estimate of drug-likeness (QED) is 0.927. The van der Waals surface area contributed by atoms with Crippen molar-refractivity contribution in [3.8, 4) is 0 Å². The summed E-state index contributed by atoms with van der Waals surface area (Å²) in [5.41, 5.74) is 1.01. The van der Waals surface area contributed by atoms with Gasteiger partial charge in [0.2, 0.25) is 0 Å². The maximum atomic E-state index is 13.8. The second-order valence-electron chi connectivity index (χ2n) is 6.46. The first kappa shape index (κ1) is 16.6. The summed E-state index contributed by atoms with van der Waals surface area (Å²) in [7, 11) is 0. The molecule has 1 saturated heterocycles. The Hall–Kier alpha value is -2.28. The lowest BCUT2D eigenvalue weighted by Gasteiger charge is -2.16. The standard InChI is InChI=1S/C17H21FN4O2/c1-11(2)22-8-12(5-20-22)15-9-21(7-13(15)10-23)17(24)14-3-4-19-6-16(14)18/h3-6,8,11,13,15,23H,7,9-10H2,1-2H3/t13-,15-/m0/s1. The van der Waals surface area contributed by atoms with Crippen molar-refractivity contribution in [2.24, 2.45) is 5.92 Å². The van der Waals surface area contributed by atoms with Crippen molar-refractivity contribution in [3.05, 3.63) is 47.8 Å². The summed E-state index contributed by atoms with van der Waals surface area (Å²) in [4.78, 5) is 17.8. The average molecular weight is 332 g/mol. The van der Waals surface area contributed by atoms with E-state index in [2.05, 4.69) is 10.1 Å². The molecule has 1 aliphatic heterocycles. The van der Waals surface area contributed by atoms with Crippen LogP contribution in [0.1, 0.15) is 41.7 Å². The molecular formula is C17H21FN4O2. The number of aliphatic hydroxyl groups is 1. The van der Waals surface area contributed by atoms with Gasteiger partial charge in [0, 0.05) is 50.0 Å². The molecule has 0 unspecified atom stereocenters. The minimum atomic E-state index is -0.626. The van der Waals surface area contributed by atoms with E-state index >= 15 is 0 Å². The summed E-state index contributed by atoms with van der Waals surface area (Å²) in [6, 6.07) is 1.63. The Balaban J connectivity index is 1.81. The van der Waals surface area contributed by atoms with Crippen LogP contribution in [0.25, 0.3) is 0 Å². The Bertz CT molecular complexity index is 731. The molecular weight excluding hydrogens is 311 g/mol. The van der Waals surface area contributed by atoms with Crippen LogP contribution in [0.2, 0.25) is 0 Å². The zero-order valence-corrected chi connectivity index (χ0v) is 13.8. The lowest BCUT2D eigenvalue weighted by atomic mass is 9.92. The molecule has 1 N–H and O–H groups in total. The summed E-state index contributed by atoms with van der Waals surface area (Å²) in [5.74, 6) is -1.08. The highest BCUT2D eigenvalue weighted by Crippen LogP contribution is 2.33. The average Bonchev–Trinajstić information content (AvgIpc) is 3.21. The fourth-order valence-corrected chi connectivity index (χ4v) is 3.15. The van der Waals surface area contributed by atoms with Crippen molar-refractivity contribution in [1.29, 1.82) is 0 Å². The van der Waals surface area contributed by atoms with Gasteiger partial charge in [0.05, 0.1) is 18.0 Å². The van der Waals surface area contributed by atoms with Gasteiger partial charge in [0.15, 0.2) is 5.82 Å². The summed E-state index contributed by atoms with van der Waals surface area (Å²) in [5, 5.41) is 14.0. The van der Waals surface area contributed by atoms with E-state index in [0.29, 0.717) is 13.1 Å². The molecule has 1 amide bonds. The molecule has 2 aromatic heterocycles. The van der Waals surface area contributed by atoms with Crippen molar-refractivity contribution in [3.63, 3.8) is 0 Å². The van der Waals surface area contributed by atoms with Crippen LogP contribution in [-0.2, 0) is 0 Å². The third kappa shape index (κ3) is 3.03. The number of carbonyl (C=O) groups is 1. The molecule has 2 aromatic rings. The molecule has 24 heavy (non-hydrogen) atoms. The van der Waals surface area contributed by atoms with Crippen LogP contribution >= 0.6 is 0 Å².